The molecule has 0 saturated heterocycles. The van der Waals surface area contributed by atoms with Gasteiger partial charge < -0.3 is 15.4 Å². The van der Waals surface area contributed by atoms with E-state index >= 15 is 0 Å². The molecular formula is C13H26N2O2. The number of rotatable bonds is 6. The Bertz CT molecular complexity index is 264. The third kappa shape index (κ3) is 3.68. The molecule has 1 saturated carbocycles. The van der Waals surface area contributed by atoms with Gasteiger partial charge in [-0.2, -0.15) is 0 Å². The van der Waals surface area contributed by atoms with Gasteiger partial charge in [0, 0.05) is 24.1 Å². The van der Waals surface area contributed by atoms with Gasteiger partial charge in [0.05, 0.1) is 12.6 Å². The van der Waals surface area contributed by atoms with Crippen molar-refractivity contribution in [3.63, 3.8) is 0 Å². The van der Waals surface area contributed by atoms with E-state index in [4.69, 9.17) is 4.74 Å². The van der Waals surface area contributed by atoms with Crippen molar-refractivity contribution in [3.8, 4) is 0 Å². The summed E-state index contributed by atoms with van der Waals surface area (Å²) in [6, 6.07) is 0.576. The molecule has 2 N–H and O–H groups in total. The molecule has 17 heavy (non-hydrogen) atoms. The minimum atomic E-state index is 0.0654. The van der Waals surface area contributed by atoms with Crippen LogP contribution in [0.1, 0.15) is 41.0 Å². The predicted molar refractivity (Wildman–Crippen MR) is 68.9 cm³/mol. The molecule has 2 atom stereocenters. The third-order valence-corrected chi connectivity index (χ3v) is 3.50. The van der Waals surface area contributed by atoms with E-state index in [9.17, 15) is 4.79 Å². The molecule has 1 fully saturated rings. The molecule has 1 amide bonds. The maximum atomic E-state index is 11.5. The van der Waals surface area contributed by atoms with Crippen molar-refractivity contribution >= 4 is 5.91 Å². The zero-order valence-electron chi connectivity index (χ0n) is 11.7. The van der Waals surface area contributed by atoms with Gasteiger partial charge in [-0.25, -0.2) is 0 Å². The zero-order valence-corrected chi connectivity index (χ0v) is 11.7. The molecule has 0 aromatic heterocycles. The Morgan fingerprint density at radius 3 is 2.59 bits per heavy atom. The molecule has 0 aromatic carbocycles. The van der Waals surface area contributed by atoms with E-state index in [0.717, 1.165) is 13.0 Å². The highest BCUT2D eigenvalue weighted by Crippen LogP contribution is 2.42. The number of nitrogens with one attached hydrogen (secondary N) is 2. The van der Waals surface area contributed by atoms with Gasteiger partial charge in [0.1, 0.15) is 0 Å². The van der Waals surface area contributed by atoms with Gasteiger partial charge in [-0.3, -0.25) is 4.79 Å². The minimum absolute atomic E-state index is 0.0654. The molecule has 4 heteroatoms. The van der Waals surface area contributed by atoms with Gasteiger partial charge in [0.15, 0.2) is 0 Å². The maximum absolute atomic E-state index is 11.5. The van der Waals surface area contributed by atoms with Crippen LogP contribution in [0.25, 0.3) is 0 Å². The Labute approximate surface area is 104 Å². The van der Waals surface area contributed by atoms with Gasteiger partial charge >= 0.3 is 0 Å². The third-order valence-electron chi connectivity index (χ3n) is 3.50. The van der Waals surface area contributed by atoms with E-state index in [2.05, 4.69) is 24.5 Å². The summed E-state index contributed by atoms with van der Waals surface area (Å²) in [6.07, 6.45) is 1.31. The number of hydrogen-bond donors (Lipinski definition) is 2. The molecule has 1 rings (SSSR count). The predicted octanol–water partition coefficient (Wildman–Crippen LogP) is 1.30. The van der Waals surface area contributed by atoms with Crippen molar-refractivity contribution in [2.45, 2.75) is 59.2 Å². The second-order valence-corrected chi connectivity index (χ2v) is 5.66. The fraction of sp³-hybridized carbons (Fsp3) is 0.923. The lowest BCUT2D eigenvalue weighted by Gasteiger charge is -2.51. The first-order chi connectivity index (χ1) is 7.87. The molecule has 0 aliphatic heterocycles. The van der Waals surface area contributed by atoms with Crippen LogP contribution < -0.4 is 10.6 Å². The average Bonchev–Trinajstić information content (AvgIpc) is 2.21. The number of carbonyl (C=O) groups is 1. The highest BCUT2D eigenvalue weighted by atomic mass is 16.5. The van der Waals surface area contributed by atoms with Gasteiger partial charge in [-0.15, -0.1) is 0 Å². The summed E-state index contributed by atoms with van der Waals surface area (Å²) in [7, 11) is 0. The standard InChI is InChI=1S/C13H26N2O2/c1-6-17-11-7-10(13(11,4)5)14-8-12(16)15-9(2)3/h9-11,14H,6-8H2,1-5H3,(H,15,16). The van der Waals surface area contributed by atoms with E-state index in [1.807, 2.05) is 20.8 Å². The second kappa shape index (κ2) is 5.83. The summed E-state index contributed by atoms with van der Waals surface area (Å²) in [5, 5.41) is 6.19. The van der Waals surface area contributed by atoms with E-state index in [-0.39, 0.29) is 17.4 Å². The summed E-state index contributed by atoms with van der Waals surface area (Å²) in [6.45, 7) is 11.5. The summed E-state index contributed by atoms with van der Waals surface area (Å²) < 4.78 is 5.65. The van der Waals surface area contributed by atoms with E-state index in [1.165, 1.54) is 0 Å². The van der Waals surface area contributed by atoms with E-state index in [1.54, 1.807) is 0 Å². The summed E-state index contributed by atoms with van der Waals surface area (Å²) in [5.41, 5.74) is 0.119. The van der Waals surface area contributed by atoms with Gasteiger partial charge in [0.25, 0.3) is 0 Å². The Morgan fingerprint density at radius 2 is 2.12 bits per heavy atom. The molecule has 0 heterocycles. The van der Waals surface area contributed by atoms with Gasteiger partial charge in [-0.1, -0.05) is 13.8 Å². The van der Waals surface area contributed by atoms with Crippen LogP contribution in [0.5, 0.6) is 0 Å². The van der Waals surface area contributed by atoms with Crippen LogP contribution >= 0.6 is 0 Å². The second-order valence-electron chi connectivity index (χ2n) is 5.66. The van der Waals surface area contributed by atoms with Crippen LogP contribution in [0.3, 0.4) is 0 Å². The SMILES string of the molecule is CCOC1CC(NCC(=O)NC(C)C)C1(C)C. The molecule has 2 unspecified atom stereocenters. The molecular weight excluding hydrogens is 216 g/mol. The topological polar surface area (TPSA) is 50.4 Å². The molecule has 1 aliphatic carbocycles. The van der Waals surface area contributed by atoms with Crippen LogP contribution in [0.15, 0.2) is 0 Å². The number of amides is 1. The first kappa shape index (κ1) is 14.5. The summed E-state index contributed by atoms with van der Waals surface area (Å²) >= 11 is 0. The first-order valence-electron chi connectivity index (χ1n) is 6.52. The quantitative estimate of drug-likeness (QED) is 0.738. The Kier molecular flexibility index (Phi) is 4.95. The lowest BCUT2D eigenvalue weighted by molar-refractivity contribution is -0.126. The van der Waals surface area contributed by atoms with Crippen LogP contribution in [-0.4, -0.2) is 37.2 Å². The Balaban J connectivity index is 2.28. The number of hydrogen-bond acceptors (Lipinski definition) is 3. The van der Waals surface area contributed by atoms with Crippen LogP contribution in [0.4, 0.5) is 0 Å². The fourth-order valence-corrected chi connectivity index (χ4v) is 2.30. The average molecular weight is 242 g/mol. The van der Waals surface area contributed by atoms with Gasteiger partial charge in [-0.05, 0) is 27.2 Å². The van der Waals surface area contributed by atoms with Crippen molar-refractivity contribution < 1.29 is 9.53 Å². The van der Waals surface area contributed by atoms with Crippen LogP contribution in [0, 0.1) is 5.41 Å². The van der Waals surface area contributed by atoms with E-state index in [0.29, 0.717) is 18.7 Å². The highest BCUT2D eigenvalue weighted by Gasteiger charge is 2.48. The normalized spacial score (nSPS) is 26.7. The van der Waals surface area contributed by atoms with Crippen LogP contribution in [-0.2, 0) is 9.53 Å². The molecule has 1 aliphatic rings. The first-order valence-corrected chi connectivity index (χ1v) is 6.52. The Hall–Kier alpha value is -0.610. The van der Waals surface area contributed by atoms with Crippen molar-refractivity contribution in [1.82, 2.24) is 10.6 Å². The van der Waals surface area contributed by atoms with Crippen molar-refractivity contribution in [1.29, 1.82) is 0 Å². The largest absolute Gasteiger partial charge is 0.378 e. The number of carbonyl (C=O) groups excluding carboxylic acids is 1. The van der Waals surface area contributed by atoms with E-state index < -0.39 is 0 Å². The van der Waals surface area contributed by atoms with Crippen LogP contribution in [0.2, 0.25) is 0 Å². The molecule has 100 valence electrons. The van der Waals surface area contributed by atoms with Crippen molar-refractivity contribution in [3.05, 3.63) is 0 Å². The summed E-state index contributed by atoms with van der Waals surface area (Å²) in [4.78, 5) is 11.5. The van der Waals surface area contributed by atoms with Crippen molar-refractivity contribution in [2.24, 2.45) is 5.41 Å². The highest BCUT2D eigenvalue weighted by molar-refractivity contribution is 5.78. The number of ether oxygens (including phenoxy) is 1. The molecule has 0 radical (unpaired) electrons. The minimum Gasteiger partial charge on any atom is -0.378 e. The fourth-order valence-electron chi connectivity index (χ4n) is 2.30. The monoisotopic (exact) mass is 242 g/mol. The van der Waals surface area contributed by atoms with Gasteiger partial charge in [0.2, 0.25) is 5.91 Å². The molecule has 0 aromatic rings. The molecule has 4 nitrogen and oxygen atoms in total. The molecule has 0 spiro atoms. The lowest BCUT2D eigenvalue weighted by Crippen LogP contribution is -2.62. The Morgan fingerprint density at radius 1 is 1.47 bits per heavy atom. The molecule has 0 bridgehead atoms. The maximum Gasteiger partial charge on any atom is 0.234 e. The lowest BCUT2D eigenvalue weighted by atomic mass is 9.64. The smallest absolute Gasteiger partial charge is 0.234 e. The van der Waals surface area contributed by atoms with Crippen molar-refractivity contribution in [2.75, 3.05) is 13.2 Å². The zero-order chi connectivity index (χ0) is 13.1. The summed E-state index contributed by atoms with van der Waals surface area (Å²) in [5.74, 6) is 0.0654.